The zero-order chi connectivity index (χ0) is 15.2. The van der Waals surface area contributed by atoms with Crippen LogP contribution >= 0.6 is 0 Å². The number of amides is 1. The Morgan fingerprint density at radius 2 is 1.95 bits per heavy atom. The molecule has 1 aromatic rings. The van der Waals surface area contributed by atoms with Crippen LogP contribution in [-0.2, 0) is 42.3 Å². The minimum Gasteiger partial charge on any atom is -0.346 e. The number of carbonyl (C=O) groups is 2. The maximum absolute atomic E-state index is 11.1. The summed E-state index contributed by atoms with van der Waals surface area (Å²) >= 11 is 0. The number of ketones is 1. The maximum atomic E-state index is 11.1. The molecule has 0 bridgehead atoms. The van der Waals surface area contributed by atoms with Gasteiger partial charge in [0.05, 0.1) is 6.04 Å². The van der Waals surface area contributed by atoms with E-state index < -0.39 is 0 Å². The van der Waals surface area contributed by atoms with E-state index in [1.807, 2.05) is 44.2 Å². The number of carbonyl (C=O) groups excluding carboxylic acids is 2. The van der Waals surface area contributed by atoms with Crippen molar-refractivity contribution < 1.29 is 42.3 Å². The maximum Gasteiger partial charge on any atom is 0.217 e. The molecule has 0 saturated heterocycles. The number of Topliss-reactive ketones (excluding diaryl/α,β-unsaturated/α-hetero) is 1. The Balaban J connectivity index is 0. The summed E-state index contributed by atoms with van der Waals surface area (Å²) in [5.41, 5.74) is 0. The van der Waals surface area contributed by atoms with Crippen LogP contribution in [0.4, 0.5) is 0 Å². The van der Waals surface area contributed by atoms with E-state index >= 15 is 0 Å². The Bertz CT molecular complexity index is 342. The first-order valence-electron chi connectivity index (χ1n) is 7.26. The van der Waals surface area contributed by atoms with E-state index in [1.54, 1.807) is 0 Å². The minimum absolute atomic E-state index is 0. The number of rotatable bonds is 3. The molecule has 115 valence electrons. The van der Waals surface area contributed by atoms with Crippen LogP contribution in [0.1, 0.15) is 46.0 Å². The van der Waals surface area contributed by atoms with Crippen LogP contribution in [0.25, 0.3) is 0 Å². The predicted molar refractivity (Wildman–Crippen MR) is 82.0 cm³/mol. The fourth-order valence-corrected chi connectivity index (χ4v) is 1.74. The van der Waals surface area contributed by atoms with E-state index in [1.165, 1.54) is 0 Å². The van der Waals surface area contributed by atoms with Gasteiger partial charge in [0, 0.05) is 39.1 Å². The zero-order valence-electron chi connectivity index (χ0n) is 13.1. The molecule has 1 saturated carbocycles. The topological polar surface area (TPSA) is 46.2 Å². The van der Waals surface area contributed by atoms with Gasteiger partial charge in [0.2, 0.25) is 5.91 Å². The Morgan fingerprint density at radius 1 is 1.33 bits per heavy atom. The van der Waals surface area contributed by atoms with Gasteiger partial charge in [-0.1, -0.05) is 13.8 Å². The van der Waals surface area contributed by atoms with Crippen molar-refractivity contribution in [3.05, 3.63) is 43.3 Å². The molecule has 1 unspecified atom stereocenters. The van der Waals surface area contributed by atoms with Crippen LogP contribution in [0.2, 0.25) is 0 Å². The van der Waals surface area contributed by atoms with Gasteiger partial charge >= 0.3 is 0 Å². The first kappa shape index (κ1) is 22.7. The van der Waals surface area contributed by atoms with Crippen LogP contribution in [0.5, 0.6) is 0 Å². The number of nitrogens with one attached hydrogen (secondary N) is 1. The number of benzene rings is 1. The Labute approximate surface area is 154 Å². The summed E-state index contributed by atoms with van der Waals surface area (Å²) in [6, 6.07) is 12.3. The normalized spacial score (nSPS) is 15.6. The Hall–Kier alpha value is -0.536. The quantitative estimate of drug-likeness (QED) is 0.837. The van der Waals surface area contributed by atoms with Crippen molar-refractivity contribution in [2.45, 2.75) is 52.0 Å². The smallest absolute Gasteiger partial charge is 0.217 e. The molecule has 2 rings (SSSR count). The van der Waals surface area contributed by atoms with Crippen molar-refractivity contribution in [3.8, 4) is 0 Å². The van der Waals surface area contributed by atoms with Gasteiger partial charge in [-0.25, -0.2) is 0 Å². The molecular weight excluding hydrogens is 339 g/mol. The SMILES string of the molecule is CC.[CH2-]CCC(=O)NC1CCCC1=O.[Y].[c-]1ccccc1. The third-order valence-corrected chi connectivity index (χ3v) is 2.65. The predicted octanol–water partition coefficient (Wildman–Crippen LogP) is 3.35. The molecule has 0 spiro atoms. The van der Waals surface area contributed by atoms with E-state index in [0.29, 0.717) is 19.3 Å². The number of hydrogen-bond acceptors (Lipinski definition) is 2. The monoisotopic (exact) mass is 364 g/mol. The third kappa shape index (κ3) is 11.8. The molecule has 3 nitrogen and oxygen atoms in total. The average molecular weight is 364 g/mol. The van der Waals surface area contributed by atoms with Crippen LogP contribution in [-0.4, -0.2) is 17.7 Å². The molecule has 21 heavy (non-hydrogen) atoms. The minimum atomic E-state index is -0.205. The molecule has 1 aliphatic rings. The molecule has 0 aliphatic heterocycles. The molecular formula is C17H25NO2Y-2. The van der Waals surface area contributed by atoms with Crippen molar-refractivity contribution in [3.63, 3.8) is 0 Å². The van der Waals surface area contributed by atoms with E-state index in [-0.39, 0.29) is 50.4 Å². The molecule has 1 N–H and O–H groups in total. The van der Waals surface area contributed by atoms with Crippen LogP contribution in [0, 0.1) is 13.0 Å². The van der Waals surface area contributed by atoms with Gasteiger partial charge in [-0.3, -0.25) is 9.59 Å². The van der Waals surface area contributed by atoms with Crippen molar-refractivity contribution in [1.82, 2.24) is 5.32 Å². The first-order valence-corrected chi connectivity index (χ1v) is 7.26. The summed E-state index contributed by atoms with van der Waals surface area (Å²) in [6.45, 7) is 7.57. The number of hydrogen-bond donors (Lipinski definition) is 1. The van der Waals surface area contributed by atoms with Gasteiger partial charge in [0.1, 0.15) is 0 Å². The molecule has 1 atom stereocenters. The van der Waals surface area contributed by atoms with E-state index in [4.69, 9.17) is 0 Å². The van der Waals surface area contributed by atoms with Gasteiger partial charge in [-0.15, -0.1) is 0 Å². The molecule has 1 aliphatic carbocycles. The summed E-state index contributed by atoms with van der Waals surface area (Å²) in [5.74, 6) is 0.123. The van der Waals surface area contributed by atoms with Crippen molar-refractivity contribution in [1.29, 1.82) is 0 Å². The summed E-state index contributed by atoms with van der Waals surface area (Å²) < 4.78 is 0. The van der Waals surface area contributed by atoms with Crippen molar-refractivity contribution >= 4 is 11.7 Å². The van der Waals surface area contributed by atoms with Gasteiger partial charge in [0.15, 0.2) is 5.78 Å². The molecule has 4 heteroatoms. The second-order valence-corrected chi connectivity index (χ2v) is 4.16. The molecule has 1 aromatic carbocycles. The van der Waals surface area contributed by atoms with Gasteiger partial charge in [-0.05, 0) is 19.3 Å². The second kappa shape index (κ2) is 15.8. The van der Waals surface area contributed by atoms with Gasteiger partial charge in [-0.2, -0.15) is 42.8 Å². The first-order chi connectivity index (χ1) is 9.74. The summed E-state index contributed by atoms with van der Waals surface area (Å²) in [5, 5.41) is 2.70. The van der Waals surface area contributed by atoms with Crippen molar-refractivity contribution in [2.75, 3.05) is 0 Å². The molecule has 1 fully saturated rings. The van der Waals surface area contributed by atoms with Crippen LogP contribution in [0.3, 0.4) is 0 Å². The standard InChI is InChI=1S/C9H14NO2.C6H5.C2H6.Y/c1-2-4-9(12)10-7-5-3-6-8(7)11;1-2-4-6-5-3-1;1-2;/h7H,1-6H2,(H,10,12);1-5H;1-2H3;/q2*-1;;. The summed E-state index contributed by atoms with van der Waals surface area (Å²) in [7, 11) is 0. The second-order valence-electron chi connectivity index (χ2n) is 4.16. The van der Waals surface area contributed by atoms with Crippen molar-refractivity contribution in [2.24, 2.45) is 0 Å². The fourth-order valence-electron chi connectivity index (χ4n) is 1.74. The largest absolute Gasteiger partial charge is 0.346 e. The summed E-state index contributed by atoms with van der Waals surface area (Å²) in [4.78, 5) is 22.1. The molecule has 1 amide bonds. The van der Waals surface area contributed by atoms with Crippen LogP contribution in [0.15, 0.2) is 30.3 Å². The zero-order valence-corrected chi connectivity index (χ0v) is 15.9. The van der Waals surface area contributed by atoms with Gasteiger partial charge in [0.25, 0.3) is 0 Å². The Morgan fingerprint density at radius 3 is 2.29 bits per heavy atom. The molecule has 0 heterocycles. The molecule has 0 aromatic heterocycles. The van der Waals surface area contributed by atoms with Gasteiger partial charge < -0.3 is 12.2 Å². The third-order valence-electron chi connectivity index (χ3n) is 2.65. The summed E-state index contributed by atoms with van der Waals surface area (Å²) in [6.07, 6.45) is 3.35. The van der Waals surface area contributed by atoms with Crippen LogP contribution < -0.4 is 5.32 Å². The van der Waals surface area contributed by atoms with E-state index in [9.17, 15) is 9.59 Å². The van der Waals surface area contributed by atoms with E-state index in [2.05, 4.69) is 18.3 Å². The Kier molecular flexibility index (Phi) is 17.2. The average Bonchev–Trinajstić information content (AvgIpc) is 2.89. The van der Waals surface area contributed by atoms with E-state index in [0.717, 1.165) is 12.8 Å². The molecule has 1 radical (unpaired) electrons. The fraction of sp³-hybridized carbons (Fsp3) is 0.471.